The Balaban J connectivity index is 1.81. The number of carbonyl (C=O) groups is 2. The van der Waals surface area contributed by atoms with Crippen molar-refractivity contribution in [2.45, 2.75) is 57.8 Å². The zero-order valence-electron chi connectivity index (χ0n) is 13.0. The number of carboxylic acid groups (broad SMARTS) is 1. The summed E-state index contributed by atoms with van der Waals surface area (Å²) in [5, 5.41) is 12.5. The number of ether oxygens (including phenoxy) is 1. The van der Waals surface area contributed by atoms with Crippen LogP contribution in [0.25, 0.3) is 0 Å². The molecule has 0 radical (unpaired) electrons. The number of hydrogen-bond acceptors (Lipinski definition) is 3. The molecule has 0 aromatic heterocycles. The number of hydrogen-bond donors (Lipinski definition) is 2. The second kappa shape index (κ2) is 6.77. The maximum atomic E-state index is 12.2. The second-order valence-electron chi connectivity index (χ2n) is 6.84. The van der Waals surface area contributed by atoms with Gasteiger partial charge < -0.3 is 15.2 Å². The van der Waals surface area contributed by atoms with Crippen LogP contribution in [0.4, 0.5) is 0 Å². The van der Waals surface area contributed by atoms with Gasteiger partial charge in [0.05, 0.1) is 5.41 Å². The van der Waals surface area contributed by atoms with Crippen molar-refractivity contribution in [3.05, 3.63) is 0 Å². The topological polar surface area (TPSA) is 75.6 Å². The summed E-state index contributed by atoms with van der Waals surface area (Å²) in [5.74, 6) is -0.916. The standard InChI is InChI=1S/C16H27NO4/c1-21-10-9-15(7-8-15)12-17-13(18)11-16(14(19)20)5-3-2-4-6-16/h2-12H2,1H3,(H,17,18)(H,19,20). The molecule has 0 unspecified atom stereocenters. The molecule has 2 fully saturated rings. The molecule has 0 bridgehead atoms. The highest BCUT2D eigenvalue weighted by Gasteiger charge is 2.44. The van der Waals surface area contributed by atoms with E-state index in [-0.39, 0.29) is 17.7 Å². The van der Waals surface area contributed by atoms with Crippen LogP contribution in [0.5, 0.6) is 0 Å². The van der Waals surface area contributed by atoms with E-state index < -0.39 is 11.4 Å². The molecule has 2 saturated carbocycles. The molecule has 0 aromatic rings. The minimum atomic E-state index is -0.828. The van der Waals surface area contributed by atoms with E-state index in [1.54, 1.807) is 7.11 Å². The summed E-state index contributed by atoms with van der Waals surface area (Å²) in [7, 11) is 1.69. The third-order valence-electron chi connectivity index (χ3n) is 5.22. The average Bonchev–Trinajstić information content (AvgIpc) is 3.24. The first-order valence-corrected chi connectivity index (χ1v) is 8.01. The molecule has 2 rings (SSSR count). The van der Waals surface area contributed by atoms with Gasteiger partial charge in [-0.05, 0) is 37.5 Å². The summed E-state index contributed by atoms with van der Waals surface area (Å²) >= 11 is 0. The van der Waals surface area contributed by atoms with E-state index in [9.17, 15) is 14.7 Å². The van der Waals surface area contributed by atoms with Crippen LogP contribution in [0.3, 0.4) is 0 Å². The summed E-state index contributed by atoms with van der Waals surface area (Å²) in [6.07, 6.45) is 7.51. The predicted molar refractivity (Wildman–Crippen MR) is 78.9 cm³/mol. The summed E-state index contributed by atoms with van der Waals surface area (Å²) in [6, 6.07) is 0. The average molecular weight is 297 g/mol. The van der Waals surface area contributed by atoms with Gasteiger partial charge in [-0.2, -0.15) is 0 Å². The Labute approximate surface area is 126 Å². The van der Waals surface area contributed by atoms with Crippen LogP contribution in [-0.4, -0.2) is 37.2 Å². The third-order valence-corrected chi connectivity index (χ3v) is 5.22. The molecule has 5 nitrogen and oxygen atoms in total. The van der Waals surface area contributed by atoms with E-state index >= 15 is 0 Å². The van der Waals surface area contributed by atoms with Gasteiger partial charge in [-0.3, -0.25) is 9.59 Å². The van der Waals surface area contributed by atoms with Crippen LogP contribution in [-0.2, 0) is 14.3 Å². The number of carboxylic acids is 1. The van der Waals surface area contributed by atoms with E-state index in [2.05, 4.69) is 5.32 Å². The van der Waals surface area contributed by atoms with E-state index in [0.29, 0.717) is 19.4 Å². The minimum Gasteiger partial charge on any atom is -0.481 e. The fourth-order valence-corrected chi connectivity index (χ4v) is 3.36. The molecule has 0 aromatic carbocycles. The lowest BCUT2D eigenvalue weighted by Crippen LogP contribution is -2.40. The number of rotatable bonds is 8. The number of aliphatic carboxylic acids is 1. The molecule has 0 aliphatic heterocycles. The Bertz CT molecular complexity index is 384. The molecule has 2 aliphatic rings. The Morgan fingerprint density at radius 2 is 1.81 bits per heavy atom. The minimum absolute atomic E-state index is 0.108. The predicted octanol–water partition coefficient (Wildman–Crippen LogP) is 2.34. The highest BCUT2D eigenvalue weighted by atomic mass is 16.5. The van der Waals surface area contributed by atoms with Gasteiger partial charge in [-0.1, -0.05) is 19.3 Å². The van der Waals surface area contributed by atoms with Crippen LogP contribution in [0.2, 0.25) is 0 Å². The van der Waals surface area contributed by atoms with Crippen molar-refractivity contribution in [2.24, 2.45) is 10.8 Å². The summed E-state index contributed by atoms with van der Waals surface area (Å²) < 4.78 is 5.10. The van der Waals surface area contributed by atoms with Gasteiger partial charge in [0.1, 0.15) is 0 Å². The Hall–Kier alpha value is -1.10. The molecule has 0 atom stereocenters. The zero-order valence-corrected chi connectivity index (χ0v) is 13.0. The van der Waals surface area contributed by atoms with Gasteiger partial charge >= 0.3 is 5.97 Å². The maximum absolute atomic E-state index is 12.2. The van der Waals surface area contributed by atoms with Crippen molar-refractivity contribution in [1.82, 2.24) is 5.32 Å². The van der Waals surface area contributed by atoms with Crippen LogP contribution >= 0.6 is 0 Å². The largest absolute Gasteiger partial charge is 0.481 e. The zero-order chi connectivity index (χ0) is 15.3. The number of amides is 1. The van der Waals surface area contributed by atoms with Gasteiger partial charge in [0.25, 0.3) is 0 Å². The van der Waals surface area contributed by atoms with Gasteiger partial charge in [0, 0.05) is 26.7 Å². The molecule has 0 spiro atoms. The smallest absolute Gasteiger partial charge is 0.310 e. The molecule has 1 amide bonds. The van der Waals surface area contributed by atoms with E-state index in [0.717, 1.165) is 45.1 Å². The Kier molecular flexibility index (Phi) is 5.25. The lowest BCUT2D eigenvalue weighted by atomic mass is 9.71. The summed E-state index contributed by atoms with van der Waals surface area (Å²) in [5.41, 5.74) is -0.625. The Morgan fingerprint density at radius 3 is 2.33 bits per heavy atom. The van der Waals surface area contributed by atoms with Gasteiger partial charge in [0.2, 0.25) is 5.91 Å². The fraction of sp³-hybridized carbons (Fsp3) is 0.875. The van der Waals surface area contributed by atoms with Crippen LogP contribution < -0.4 is 5.32 Å². The van der Waals surface area contributed by atoms with E-state index in [1.165, 1.54) is 0 Å². The van der Waals surface area contributed by atoms with Crippen molar-refractivity contribution in [1.29, 1.82) is 0 Å². The van der Waals surface area contributed by atoms with Crippen molar-refractivity contribution in [3.63, 3.8) is 0 Å². The normalized spacial score (nSPS) is 22.5. The molecule has 21 heavy (non-hydrogen) atoms. The first-order chi connectivity index (χ1) is 10.0. The Morgan fingerprint density at radius 1 is 1.14 bits per heavy atom. The van der Waals surface area contributed by atoms with Crippen molar-refractivity contribution in [2.75, 3.05) is 20.3 Å². The van der Waals surface area contributed by atoms with E-state index in [4.69, 9.17) is 4.74 Å². The van der Waals surface area contributed by atoms with Gasteiger partial charge in [-0.15, -0.1) is 0 Å². The van der Waals surface area contributed by atoms with E-state index in [1.807, 2.05) is 0 Å². The van der Waals surface area contributed by atoms with Crippen molar-refractivity contribution >= 4 is 11.9 Å². The van der Waals surface area contributed by atoms with Crippen molar-refractivity contribution in [3.8, 4) is 0 Å². The highest BCUT2D eigenvalue weighted by molar-refractivity contribution is 5.85. The molecule has 0 saturated heterocycles. The molecular formula is C16H27NO4. The maximum Gasteiger partial charge on any atom is 0.310 e. The molecule has 2 aliphatic carbocycles. The highest BCUT2D eigenvalue weighted by Crippen LogP contribution is 2.48. The summed E-state index contributed by atoms with van der Waals surface area (Å²) in [6.45, 7) is 1.37. The molecule has 0 heterocycles. The molecule has 2 N–H and O–H groups in total. The fourth-order valence-electron chi connectivity index (χ4n) is 3.36. The quantitative estimate of drug-likeness (QED) is 0.721. The van der Waals surface area contributed by atoms with Crippen LogP contribution in [0, 0.1) is 10.8 Å². The first-order valence-electron chi connectivity index (χ1n) is 8.01. The molecule has 5 heteroatoms. The number of nitrogens with one attached hydrogen (secondary N) is 1. The van der Waals surface area contributed by atoms with Gasteiger partial charge in [0.15, 0.2) is 0 Å². The van der Waals surface area contributed by atoms with Crippen molar-refractivity contribution < 1.29 is 19.4 Å². The second-order valence-corrected chi connectivity index (χ2v) is 6.84. The number of methoxy groups -OCH3 is 1. The van der Waals surface area contributed by atoms with Crippen LogP contribution in [0.1, 0.15) is 57.8 Å². The third kappa shape index (κ3) is 4.19. The van der Waals surface area contributed by atoms with Gasteiger partial charge in [-0.25, -0.2) is 0 Å². The first kappa shape index (κ1) is 16.3. The molecular weight excluding hydrogens is 270 g/mol. The molecule has 120 valence electrons. The number of carbonyl (C=O) groups excluding carboxylic acids is 1. The lowest BCUT2D eigenvalue weighted by molar-refractivity contribution is -0.154. The van der Waals surface area contributed by atoms with Crippen LogP contribution in [0.15, 0.2) is 0 Å². The lowest BCUT2D eigenvalue weighted by Gasteiger charge is -2.32. The SMILES string of the molecule is COCCC1(CNC(=O)CC2(C(=O)O)CCCCC2)CC1. The monoisotopic (exact) mass is 297 g/mol. The summed E-state index contributed by atoms with van der Waals surface area (Å²) in [4.78, 5) is 23.7.